The van der Waals surface area contributed by atoms with Crippen molar-refractivity contribution in [1.82, 2.24) is 9.80 Å². The summed E-state index contributed by atoms with van der Waals surface area (Å²) in [6.45, 7) is 4.07. The van der Waals surface area contributed by atoms with Gasteiger partial charge in [0.15, 0.2) is 0 Å². The second-order valence-electron chi connectivity index (χ2n) is 3.72. The average Bonchev–Trinajstić information content (AvgIpc) is 2.28. The first-order valence-corrected chi connectivity index (χ1v) is 5.20. The van der Waals surface area contributed by atoms with Crippen molar-refractivity contribution in [2.45, 2.75) is 19.4 Å². The zero-order chi connectivity index (χ0) is 10.7. The van der Waals surface area contributed by atoms with E-state index >= 15 is 0 Å². The molecule has 0 radical (unpaired) electrons. The number of nitrogens with zero attached hydrogens (tertiary/aromatic N) is 2. The summed E-state index contributed by atoms with van der Waals surface area (Å²) < 4.78 is 0. The highest BCUT2D eigenvalue weighted by atomic mass is 32.1. The van der Waals surface area contributed by atoms with E-state index in [1.807, 2.05) is 18.9 Å². The second kappa shape index (κ2) is 4.70. The normalized spacial score (nSPS) is 21.9. The molecule has 1 aliphatic heterocycles. The van der Waals surface area contributed by atoms with Crippen LogP contribution >= 0.6 is 12.2 Å². The number of likely N-dealkylation sites (N-methyl/N-ethyl adjacent to an activating group) is 1. The third-order valence-electron chi connectivity index (χ3n) is 2.66. The fraction of sp³-hybridized carbons (Fsp3) is 0.778. The van der Waals surface area contributed by atoms with Gasteiger partial charge in [0.2, 0.25) is 5.91 Å². The number of carbonyl (C=O) groups excluding carboxylic acids is 1. The number of hydrogen-bond acceptors (Lipinski definition) is 3. The van der Waals surface area contributed by atoms with Gasteiger partial charge in [-0.3, -0.25) is 9.69 Å². The molecule has 0 aliphatic carbocycles. The van der Waals surface area contributed by atoms with Crippen LogP contribution in [0.4, 0.5) is 0 Å². The van der Waals surface area contributed by atoms with E-state index in [1.165, 1.54) is 0 Å². The summed E-state index contributed by atoms with van der Waals surface area (Å²) in [5, 5.41) is 0. The topological polar surface area (TPSA) is 49.6 Å². The maximum Gasteiger partial charge on any atom is 0.236 e. The van der Waals surface area contributed by atoms with Crippen LogP contribution in [0.15, 0.2) is 0 Å². The Morgan fingerprint density at radius 1 is 1.57 bits per heavy atom. The molecule has 2 N–H and O–H groups in total. The van der Waals surface area contributed by atoms with Crippen molar-refractivity contribution in [3.05, 3.63) is 0 Å². The molecule has 4 nitrogen and oxygen atoms in total. The van der Waals surface area contributed by atoms with Gasteiger partial charge in [-0.15, -0.1) is 0 Å². The Hall–Kier alpha value is -0.680. The fourth-order valence-corrected chi connectivity index (χ4v) is 1.67. The first-order valence-electron chi connectivity index (χ1n) is 4.79. The number of thiocarbonyl (C=S) groups is 1. The second-order valence-corrected chi connectivity index (χ2v) is 4.19. The number of rotatable bonds is 2. The Bertz CT molecular complexity index is 244. The third kappa shape index (κ3) is 2.65. The first kappa shape index (κ1) is 11.4. The van der Waals surface area contributed by atoms with E-state index in [0.717, 1.165) is 19.5 Å². The maximum atomic E-state index is 11.6. The van der Waals surface area contributed by atoms with Gasteiger partial charge < -0.3 is 10.6 Å². The van der Waals surface area contributed by atoms with Crippen LogP contribution in [-0.4, -0.2) is 53.4 Å². The van der Waals surface area contributed by atoms with Crippen molar-refractivity contribution in [2.24, 2.45) is 5.73 Å². The minimum atomic E-state index is 0.0143. The van der Waals surface area contributed by atoms with Crippen molar-refractivity contribution in [3.8, 4) is 0 Å². The van der Waals surface area contributed by atoms with Gasteiger partial charge in [0.25, 0.3) is 0 Å². The SMILES string of the molecule is CC(C(N)=S)N1CCCN(C)C(=O)C1. The van der Waals surface area contributed by atoms with E-state index in [1.54, 1.807) is 4.90 Å². The Morgan fingerprint density at radius 2 is 2.21 bits per heavy atom. The predicted octanol–water partition coefficient (Wildman–Crippen LogP) is -0.175. The average molecular weight is 215 g/mol. The molecule has 0 aromatic rings. The molecule has 0 aromatic heterocycles. The van der Waals surface area contributed by atoms with Gasteiger partial charge in [-0.25, -0.2) is 0 Å². The van der Waals surface area contributed by atoms with E-state index in [2.05, 4.69) is 0 Å². The van der Waals surface area contributed by atoms with Crippen LogP contribution in [0.25, 0.3) is 0 Å². The van der Waals surface area contributed by atoms with Crippen LogP contribution in [0.2, 0.25) is 0 Å². The molecule has 0 saturated carbocycles. The van der Waals surface area contributed by atoms with Crippen molar-refractivity contribution in [3.63, 3.8) is 0 Å². The van der Waals surface area contributed by atoms with E-state index in [9.17, 15) is 4.79 Å². The van der Waals surface area contributed by atoms with Gasteiger partial charge >= 0.3 is 0 Å². The molecule has 1 fully saturated rings. The molecule has 0 aromatic carbocycles. The Kier molecular flexibility index (Phi) is 3.83. The van der Waals surface area contributed by atoms with Crippen LogP contribution in [-0.2, 0) is 4.79 Å². The van der Waals surface area contributed by atoms with Crippen LogP contribution in [0.5, 0.6) is 0 Å². The standard InChI is InChI=1S/C9H17N3OS/c1-7(9(10)14)12-5-3-4-11(2)8(13)6-12/h7H,3-6H2,1-2H3,(H2,10,14). The van der Waals surface area contributed by atoms with Crippen molar-refractivity contribution < 1.29 is 4.79 Å². The smallest absolute Gasteiger partial charge is 0.236 e. The van der Waals surface area contributed by atoms with Gasteiger partial charge in [-0.2, -0.15) is 0 Å². The Morgan fingerprint density at radius 3 is 2.79 bits per heavy atom. The molecule has 0 bridgehead atoms. The summed E-state index contributed by atoms with van der Waals surface area (Å²) in [5.74, 6) is 0.144. The summed E-state index contributed by atoms with van der Waals surface area (Å²) in [5.41, 5.74) is 5.56. The molecule has 1 aliphatic rings. The highest BCUT2D eigenvalue weighted by Crippen LogP contribution is 2.06. The number of nitrogens with two attached hydrogens (primary N) is 1. The highest BCUT2D eigenvalue weighted by Gasteiger charge is 2.23. The molecule has 1 unspecified atom stereocenters. The van der Waals surface area contributed by atoms with Crippen LogP contribution in [0.3, 0.4) is 0 Å². The lowest BCUT2D eigenvalue weighted by molar-refractivity contribution is -0.130. The lowest BCUT2D eigenvalue weighted by Gasteiger charge is -2.25. The maximum absolute atomic E-state index is 11.6. The van der Waals surface area contributed by atoms with Crippen LogP contribution < -0.4 is 5.73 Å². The minimum absolute atomic E-state index is 0.0143. The molecule has 1 rings (SSSR count). The van der Waals surface area contributed by atoms with Gasteiger partial charge in [0.05, 0.1) is 17.6 Å². The quantitative estimate of drug-likeness (QED) is 0.650. The summed E-state index contributed by atoms with van der Waals surface area (Å²) in [6.07, 6.45) is 0.981. The molecule has 0 spiro atoms. The van der Waals surface area contributed by atoms with E-state index in [4.69, 9.17) is 18.0 Å². The molecule has 1 atom stereocenters. The molecule has 1 saturated heterocycles. The molecule has 1 heterocycles. The Labute approximate surface area is 90.0 Å². The summed E-state index contributed by atoms with van der Waals surface area (Å²) in [7, 11) is 1.83. The first-order chi connectivity index (χ1) is 6.52. The van der Waals surface area contributed by atoms with E-state index in [0.29, 0.717) is 11.5 Å². The van der Waals surface area contributed by atoms with Gasteiger partial charge in [-0.05, 0) is 13.3 Å². The van der Waals surface area contributed by atoms with Crippen LogP contribution in [0, 0.1) is 0 Å². The molecular weight excluding hydrogens is 198 g/mol. The molecule has 80 valence electrons. The minimum Gasteiger partial charge on any atom is -0.392 e. The zero-order valence-electron chi connectivity index (χ0n) is 8.69. The van der Waals surface area contributed by atoms with Gasteiger partial charge in [0.1, 0.15) is 0 Å². The molecular formula is C9H17N3OS. The number of hydrogen-bond donors (Lipinski definition) is 1. The summed E-state index contributed by atoms with van der Waals surface area (Å²) in [4.78, 5) is 15.8. The predicted molar refractivity (Wildman–Crippen MR) is 60.1 cm³/mol. The third-order valence-corrected chi connectivity index (χ3v) is 3.00. The van der Waals surface area contributed by atoms with Crippen LogP contribution in [0.1, 0.15) is 13.3 Å². The summed E-state index contributed by atoms with van der Waals surface area (Å²) in [6, 6.07) is 0.0143. The zero-order valence-corrected chi connectivity index (χ0v) is 9.51. The fourth-order valence-electron chi connectivity index (χ4n) is 1.52. The summed E-state index contributed by atoms with van der Waals surface area (Å²) >= 11 is 4.92. The van der Waals surface area contributed by atoms with Crippen molar-refractivity contribution in [2.75, 3.05) is 26.7 Å². The van der Waals surface area contributed by atoms with Gasteiger partial charge in [-0.1, -0.05) is 12.2 Å². The molecule has 14 heavy (non-hydrogen) atoms. The number of carbonyl (C=O) groups is 1. The lowest BCUT2D eigenvalue weighted by atomic mass is 10.2. The Balaban J connectivity index is 2.63. The number of amides is 1. The lowest BCUT2D eigenvalue weighted by Crippen LogP contribution is -2.45. The van der Waals surface area contributed by atoms with Crippen molar-refractivity contribution >= 4 is 23.1 Å². The molecule has 5 heteroatoms. The van der Waals surface area contributed by atoms with Crippen molar-refractivity contribution in [1.29, 1.82) is 0 Å². The van der Waals surface area contributed by atoms with Gasteiger partial charge in [0, 0.05) is 20.1 Å². The van der Waals surface area contributed by atoms with E-state index < -0.39 is 0 Å². The highest BCUT2D eigenvalue weighted by molar-refractivity contribution is 7.80. The largest absolute Gasteiger partial charge is 0.392 e. The monoisotopic (exact) mass is 215 g/mol. The van der Waals surface area contributed by atoms with E-state index in [-0.39, 0.29) is 11.9 Å². The molecule has 1 amide bonds.